The minimum absolute atomic E-state index is 0.106. The van der Waals surface area contributed by atoms with Crippen LogP contribution in [0.4, 0.5) is 0 Å². The lowest BCUT2D eigenvalue weighted by atomic mass is 10.2. The molecular formula is C11H16N2OS2. The molecule has 0 aromatic carbocycles. The topological polar surface area (TPSA) is 44.9 Å². The molecule has 1 aliphatic rings. The number of aryl methyl sites for hydroxylation is 1. The molecule has 0 aliphatic heterocycles. The van der Waals surface area contributed by atoms with E-state index in [0.717, 1.165) is 33.4 Å². The third-order valence-electron chi connectivity index (χ3n) is 2.82. The number of hydrogen-bond acceptors (Lipinski definition) is 3. The summed E-state index contributed by atoms with van der Waals surface area (Å²) in [6.07, 6.45) is 4.27. The van der Waals surface area contributed by atoms with Gasteiger partial charge in [-0.1, -0.05) is 12.8 Å². The Hall–Kier alpha value is -0.680. The SMILES string of the molecule is Cc1[nH]c(=S)sc1CC(=O)NCCC1CC1. The predicted molar refractivity (Wildman–Crippen MR) is 68.3 cm³/mol. The van der Waals surface area contributed by atoms with Crippen LogP contribution in [0.2, 0.25) is 0 Å². The van der Waals surface area contributed by atoms with E-state index in [1.807, 2.05) is 6.92 Å². The zero-order chi connectivity index (χ0) is 11.5. The highest BCUT2D eigenvalue weighted by atomic mass is 32.1. The second-order valence-corrected chi connectivity index (χ2v) is 6.09. The molecule has 0 radical (unpaired) electrons. The van der Waals surface area contributed by atoms with Gasteiger partial charge in [0.2, 0.25) is 5.91 Å². The highest BCUT2D eigenvalue weighted by Gasteiger charge is 2.20. The fourth-order valence-electron chi connectivity index (χ4n) is 1.64. The Labute approximate surface area is 104 Å². The Morgan fingerprint density at radius 2 is 2.38 bits per heavy atom. The van der Waals surface area contributed by atoms with Crippen LogP contribution in [-0.2, 0) is 11.2 Å². The number of hydrogen-bond donors (Lipinski definition) is 2. The molecule has 1 fully saturated rings. The number of carbonyl (C=O) groups is 1. The first-order chi connectivity index (χ1) is 7.65. The molecule has 1 aromatic rings. The monoisotopic (exact) mass is 256 g/mol. The van der Waals surface area contributed by atoms with Gasteiger partial charge < -0.3 is 10.3 Å². The standard InChI is InChI=1S/C11H16N2OS2/c1-7-9(16-11(15)13-7)6-10(14)12-5-4-8-2-3-8/h8H,2-6H2,1H3,(H,12,14)(H,13,15). The summed E-state index contributed by atoms with van der Waals surface area (Å²) in [5.41, 5.74) is 1.02. The van der Waals surface area contributed by atoms with E-state index in [1.165, 1.54) is 24.2 Å². The first kappa shape index (κ1) is 11.8. The number of aromatic nitrogens is 1. The molecule has 1 aliphatic carbocycles. The molecule has 1 saturated carbocycles. The number of rotatable bonds is 5. The van der Waals surface area contributed by atoms with Crippen molar-refractivity contribution in [3.8, 4) is 0 Å². The zero-order valence-corrected chi connectivity index (χ0v) is 11.0. The number of H-pyrrole nitrogens is 1. The highest BCUT2D eigenvalue weighted by Crippen LogP contribution is 2.31. The fraction of sp³-hybridized carbons (Fsp3) is 0.636. The minimum atomic E-state index is 0.106. The smallest absolute Gasteiger partial charge is 0.225 e. The van der Waals surface area contributed by atoms with E-state index in [0.29, 0.717) is 6.42 Å². The van der Waals surface area contributed by atoms with Crippen molar-refractivity contribution in [1.29, 1.82) is 0 Å². The summed E-state index contributed by atoms with van der Waals surface area (Å²) in [5.74, 6) is 0.977. The molecule has 88 valence electrons. The Morgan fingerprint density at radius 1 is 1.62 bits per heavy atom. The van der Waals surface area contributed by atoms with Crippen LogP contribution in [0, 0.1) is 16.8 Å². The van der Waals surface area contributed by atoms with Crippen LogP contribution in [0.5, 0.6) is 0 Å². The first-order valence-corrected chi connectivity index (χ1v) is 6.83. The van der Waals surface area contributed by atoms with Crippen molar-refractivity contribution >= 4 is 29.5 Å². The maximum Gasteiger partial charge on any atom is 0.225 e. The lowest BCUT2D eigenvalue weighted by Crippen LogP contribution is -2.26. The number of thiazole rings is 1. The van der Waals surface area contributed by atoms with E-state index >= 15 is 0 Å². The van der Waals surface area contributed by atoms with Crippen molar-refractivity contribution in [3.63, 3.8) is 0 Å². The number of aromatic amines is 1. The van der Waals surface area contributed by atoms with Gasteiger partial charge in [0.1, 0.15) is 0 Å². The molecule has 3 nitrogen and oxygen atoms in total. The van der Waals surface area contributed by atoms with Gasteiger partial charge in [0.15, 0.2) is 3.95 Å². The minimum Gasteiger partial charge on any atom is -0.356 e. The van der Waals surface area contributed by atoms with Crippen molar-refractivity contribution < 1.29 is 4.79 Å². The largest absolute Gasteiger partial charge is 0.356 e. The molecule has 0 unspecified atom stereocenters. The van der Waals surface area contributed by atoms with Crippen LogP contribution in [0.3, 0.4) is 0 Å². The number of carbonyl (C=O) groups excluding carboxylic acids is 1. The summed E-state index contributed by atoms with van der Waals surface area (Å²) in [5, 5.41) is 2.96. The van der Waals surface area contributed by atoms with Crippen molar-refractivity contribution in [3.05, 3.63) is 14.5 Å². The molecule has 1 aromatic heterocycles. The van der Waals surface area contributed by atoms with Gasteiger partial charge in [-0.05, 0) is 31.5 Å². The molecule has 1 heterocycles. The summed E-state index contributed by atoms with van der Waals surface area (Å²) in [7, 11) is 0. The van der Waals surface area contributed by atoms with Crippen LogP contribution in [0.1, 0.15) is 29.8 Å². The average molecular weight is 256 g/mol. The molecule has 2 N–H and O–H groups in total. The fourth-order valence-corrected chi connectivity index (χ4v) is 2.93. The third-order valence-corrected chi connectivity index (χ3v) is 4.15. The second kappa shape index (κ2) is 5.10. The number of amides is 1. The molecule has 1 amide bonds. The summed E-state index contributed by atoms with van der Waals surface area (Å²) >= 11 is 6.53. The Morgan fingerprint density at radius 3 is 2.94 bits per heavy atom. The maximum absolute atomic E-state index is 11.6. The molecule has 0 atom stereocenters. The Balaban J connectivity index is 1.77. The first-order valence-electron chi connectivity index (χ1n) is 5.60. The average Bonchev–Trinajstić information content (AvgIpc) is 2.95. The summed E-state index contributed by atoms with van der Waals surface area (Å²) in [6, 6.07) is 0. The van der Waals surface area contributed by atoms with E-state index in [9.17, 15) is 4.79 Å². The van der Waals surface area contributed by atoms with Crippen LogP contribution in [0.25, 0.3) is 0 Å². The van der Waals surface area contributed by atoms with Gasteiger partial charge in [0.25, 0.3) is 0 Å². The van der Waals surface area contributed by atoms with Crippen molar-refractivity contribution in [2.75, 3.05) is 6.54 Å². The molecule has 0 spiro atoms. The second-order valence-electron chi connectivity index (χ2n) is 4.32. The van der Waals surface area contributed by atoms with Crippen LogP contribution < -0.4 is 5.32 Å². The highest BCUT2D eigenvalue weighted by molar-refractivity contribution is 7.73. The normalized spacial score (nSPS) is 15.1. The van der Waals surface area contributed by atoms with Crippen molar-refractivity contribution in [2.24, 2.45) is 5.92 Å². The summed E-state index contributed by atoms with van der Waals surface area (Å²) in [4.78, 5) is 15.7. The third kappa shape index (κ3) is 3.42. The number of nitrogens with one attached hydrogen (secondary N) is 2. The molecule has 5 heteroatoms. The Bertz CT molecular complexity index is 431. The van der Waals surface area contributed by atoms with E-state index in [1.54, 1.807) is 0 Å². The maximum atomic E-state index is 11.6. The van der Waals surface area contributed by atoms with Gasteiger partial charge in [-0.3, -0.25) is 4.79 Å². The van der Waals surface area contributed by atoms with Crippen LogP contribution >= 0.6 is 23.6 Å². The van der Waals surface area contributed by atoms with Crippen LogP contribution in [0.15, 0.2) is 0 Å². The van der Waals surface area contributed by atoms with Crippen molar-refractivity contribution in [1.82, 2.24) is 10.3 Å². The molecule has 16 heavy (non-hydrogen) atoms. The van der Waals surface area contributed by atoms with Gasteiger partial charge >= 0.3 is 0 Å². The summed E-state index contributed by atoms with van der Waals surface area (Å²) in [6.45, 7) is 2.78. The molecule has 2 rings (SSSR count). The van der Waals surface area contributed by atoms with E-state index in [2.05, 4.69) is 10.3 Å². The lowest BCUT2D eigenvalue weighted by molar-refractivity contribution is -0.120. The van der Waals surface area contributed by atoms with Gasteiger partial charge in [0.05, 0.1) is 6.42 Å². The van der Waals surface area contributed by atoms with Gasteiger partial charge in [-0.2, -0.15) is 0 Å². The van der Waals surface area contributed by atoms with E-state index in [-0.39, 0.29) is 5.91 Å². The van der Waals surface area contributed by atoms with Gasteiger partial charge in [0, 0.05) is 17.1 Å². The predicted octanol–water partition coefficient (Wildman–Crippen LogP) is 2.57. The summed E-state index contributed by atoms with van der Waals surface area (Å²) < 4.78 is 0.748. The van der Waals surface area contributed by atoms with E-state index < -0.39 is 0 Å². The van der Waals surface area contributed by atoms with Gasteiger partial charge in [-0.25, -0.2) is 0 Å². The van der Waals surface area contributed by atoms with E-state index in [4.69, 9.17) is 12.2 Å². The zero-order valence-electron chi connectivity index (χ0n) is 9.34. The van der Waals surface area contributed by atoms with Crippen LogP contribution in [-0.4, -0.2) is 17.4 Å². The molecule has 0 bridgehead atoms. The van der Waals surface area contributed by atoms with Crippen molar-refractivity contribution in [2.45, 2.75) is 32.6 Å². The Kier molecular flexibility index (Phi) is 3.76. The molecular weight excluding hydrogens is 240 g/mol. The molecule has 0 saturated heterocycles. The lowest BCUT2D eigenvalue weighted by Gasteiger charge is -2.03. The quantitative estimate of drug-likeness (QED) is 0.795. The van der Waals surface area contributed by atoms with Gasteiger partial charge in [-0.15, -0.1) is 11.3 Å².